The molecule has 0 atom stereocenters. The minimum Gasteiger partial charge on any atom is -0.454 e. The molecule has 0 saturated carbocycles. The number of nitrogens with zero attached hydrogens (tertiary/aromatic N) is 1. The predicted octanol–water partition coefficient (Wildman–Crippen LogP) is 4.27. The highest BCUT2D eigenvalue weighted by atomic mass is 16.7. The Labute approximate surface area is 181 Å². The van der Waals surface area contributed by atoms with Crippen LogP contribution in [0.4, 0.5) is 5.69 Å². The summed E-state index contributed by atoms with van der Waals surface area (Å²) >= 11 is 0. The monoisotopic (exact) mass is 418 g/mol. The van der Waals surface area contributed by atoms with Gasteiger partial charge in [-0.25, -0.2) is 0 Å². The zero-order valence-electron chi connectivity index (χ0n) is 17.8. The van der Waals surface area contributed by atoms with E-state index in [1.165, 1.54) is 12.5 Å². The van der Waals surface area contributed by atoms with E-state index in [1.54, 1.807) is 0 Å². The van der Waals surface area contributed by atoms with Gasteiger partial charge in [0.05, 0.1) is 0 Å². The molecule has 4 rings (SSSR count). The largest absolute Gasteiger partial charge is 0.454 e. The van der Waals surface area contributed by atoms with E-state index in [0.29, 0.717) is 18.5 Å². The summed E-state index contributed by atoms with van der Waals surface area (Å²) in [6, 6.07) is 17.4. The number of hydrogen-bond donors (Lipinski definition) is 1. The smallest absolute Gasteiger partial charge is 0.231 e. The first-order valence-electron chi connectivity index (χ1n) is 10.4. The van der Waals surface area contributed by atoms with Gasteiger partial charge >= 0.3 is 0 Å². The van der Waals surface area contributed by atoms with E-state index in [0.717, 1.165) is 40.9 Å². The van der Waals surface area contributed by atoms with Gasteiger partial charge in [-0.3, -0.25) is 9.59 Å². The average molecular weight is 418 g/mol. The quantitative estimate of drug-likeness (QED) is 0.553. The maximum atomic E-state index is 12.7. The highest BCUT2D eigenvalue weighted by Gasteiger charge is 2.14. The molecular weight excluding hydrogens is 392 g/mol. The molecule has 3 aromatic carbocycles. The van der Waals surface area contributed by atoms with Gasteiger partial charge in [0.25, 0.3) is 0 Å². The molecule has 1 heterocycles. The first-order valence-corrected chi connectivity index (χ1v) is 10.4. The van der Waals surface area contributed by atoms with Crippen LogP contribution in [0.3, 0.4) is 0 Å². The zero-order valence-corrected chi connectivity index (χ0v) is 17.8. The predicted molar refractivity (Wildman–Crippen MR) is 121 cm³/mol. The van der Waals surface area contributed by atoms with Crippen molar-refractivity contribution in [2.75, 3.05) is 32.2 Å². The van der Waals surface area contributed by atoms with Crippen LogP contribution in [-0.4, -0.2) is 43.5 Å². The van der Waals surface area contributed by atoms with Crippen LogP contribution in [0.5, 0.6) is 11.5 Å². The summed E-state index contributed by atoms with van der Waals surface area (Å²) in [6.07, 6.45) is 1.35. The molecule has 0 saturated heterocycles. The number of Topliss-reactive ketones (excluding diaryl/α,β-unsaturated/α-hetero) is 1. The van der Waals surface area contributed by atoms with Crippen LogP contribution in [0.15, 0.2) is 54.6 Å². The average Bonchev–Trinajstić information content (AvgIpc) is 3.23. The number of carbonyl (C=O) groups is 2. The summed E-state index contributed by atoms with van der Waals surface area (Å²) in [4.78, 5) is 26.1. The van der Waals surface area contributed by atoms with Crippen molar-refractivity contribution in [2.45, 2.75) is 19.8 Å². The number of benzene rings is 3. The van der Waals surface area contributed by atoms with E-state index >= 15 is 0 Å². The van der Waals surface area contributed by atoms with Gasteiger partial charge in [0.1, 0.15) is 0 Å². The SMILES string of the molecule is CC(=O)Nc1ccc2cc(C(=O)CCN(C)CCc3ccc4c(c3)OCO4)ccc2c1. The maximum Gasteiger partial charge on any atom is 0.231 e. The number of anilines is 1. The van der Waals surface area contributed by atoms with Gasteiger partial charge in [0, 0.05) is 37.7 Å². The van der Waals surface area contributed by atoms with Crippen LogP contribution in [0.25, 0.3) is 10.8 Å². The Bertz CT molecular complexity index is 1130. The molecule has 160 valence electrons. The van der Waals surface area contributed by atoms with E-state index < -0.39 is 0 Å². The van der Waals surface area contributed by atoms with Crippen molar-refractivity contribution < 1.29 is 19.1 Å². The lowest BCUT2D eigenvalue weighted by Crippen LogP contribution is -2.24. The van der Waals surface area contributed by atoms with Crippen LogP contribution in [0.2, 0.25) is 0 Å². The molecule has 0 aliphatic carbocycles. The minimum absolute atomic E-state index is 0.103. The fourth-order valence-electron chi connectivity index (χ4n) is 3.67. The van der Waals surface area contributed by atoms with Crippen molar-refractivity contribution in [3.05, 3.63) is 65.7 Å². The molecule has 1 N–H and O–H groups in total. The number of amides is 1. The molecule has 0 fully saturated rings. The first-order chi connectivity index (χ1) is 15.0. The van der Waals surface area contributed by atoms with E-state index in [9.17, 15) is 9.59 Å². The molecule has 0 unspecified atom stereocenters. The molecule has 1 aliphatic rings. The van der Waals surface area contributed by atoms with Gasteiger partial charge in [-0.2, -0.15) is 0 Å². The van der Waals surface area contributed by atoms with Crippen molar-refractivity contribution in [3.8, 4) is 11.5 Å². The number of fused-ring (bicyclic) bond motifs is 2. The van der Waals surface area contributed by atoms with Gasteiger partial charge < -0.3 is 19.7 Å². The number of hydrogen-bond acceptors (Lipinski definition) is 5. The molecule has 0 aromatic heterocycles. The zero-order chi connectivity index (χ0) is 21.8. The Morgan fingerprint density at radius 3 is 2.55 bits per heavy atom. The number of ketones is 1. The lowest BCUT2D eigenvalue weighted by Gasteiger charge is -2.16. The van der Waals surface area contributed by atoms with Crippen molar-refractivity contribution in [1.29, 1.82) is 0 Å². The number of nitrogens with one attached hydrogen (secondary N) is 1. The third-order valence-electron chi connectivity index (χ3n) is 5.42. The van der Waals surface area contributed by atoms with Crippen molar-refractivity contribution >= 4 is 28.2 Å². The van der Waals surface area contributed by atoms with E-state index in [-0.39, 0.29) is 18.5 Å². The van der Waals surface area contributed by atoms with Crippen LogP contribution in [0.1, 0.15) is 29.3 Å². The minimum atomic E-state index is -0.103. The molecule has 0 bridgehead atoms. The van der Waals surface area contributed by atoms with Gasteiger partial charge in [-0.05, 0) is 60.1 Å². The lowest BCUT2D eigenvalue weighted by molar-refractivity contribution is -0.114. The highest BCUT2D eigenvalue weighted by molar-refractivity contribution is 6.01. The molecule has 31 heavy (non-hydrogen) atoms. The number of ether oxygens (including phenoxy) is 2. The van der Waals surface area contributed by atoms with Crippen molar-refractivity contribution in [2.24, 2.45) is 0 Å². The van der Waals surface area contributed by atoms with Gasteiger partial charge in [0.2, 0.25) is 12.7 Å². The summed E-state index contributed by atoms with van der Waals surface area (Å²) in [5.41, 5.74) is 2.66. The van der Waals surface area contributed by atoms with Gasteiger partial charge in [-0.15, -0.1) is 0 Å². The summed E-state index contributed by atoms with van der Waals surface area (Å²) < 4.78 is 10.8. The van der Waals surface area contributed by atoms with E-state index in [1.807, 2.05) is 55.6 Å². The number of carbonyl (C=O) groups excluding carboxylic acids is 2. The summed E-state index contributed by atoms with van der Waals surface area (Å²) in [6.45, 7) is 3.32. The third-order valence-corrected chi connectivity index (χ3v) is 5.42. The summed E-state index contributed by atoms with van der Waals surface area (Å²) in [5, 5.41) is 4.75. The van der Waals surface area contributed by atoms with Gasteiger partial charge in [-0.1, -0.05) is 24.3 Å². The molecule has 1 aliphatic heterocycles. The van der Waals surface area contributed by atoms with Crippen molar-refractivity contribution in [1.82, 2.24) is 4.90 Å². The molecule has 3 aromatic rings. The second-order valence-corrected chi connectivity index (χ2v) is 7.87. The molecule has 6 heteroatoms. The normalized spacial score (nSPS) is 12.4. The Morgan fingerprint density at radius 1 is 0.935 bits per heavy atom. The Hall–Kier alpha value is -3.38. The fraction of sp³-hybridized carbons (Fsp3) is 0.280. The lowest BCUT2D eigenvalue weighted by atomic mass is 10.0. The maximum absolute atomic E-state index is 12.7. The van der Waals surface area contributed by atoms with Crippen LogP contribution in [-0.2, 0) is 11.2 Å². The standard InChI is InChI=1S/C25H26N2O4/c1-17(28)26-22-7-6-19-14-21(5-4-20(19)15-22)23(29)10-12-27(2)11-9-18-3-8-24-25(13-18)31-16-30-24/h3-8,13-15H,9-12,16H2,1-2H3,(H,26,28). The Kier molecular flexibility index (Phi) is 6.18. The van der Waals surface area contributed by atoms with Crippen molar-refractivity contribution in [3.63, 3.8) is 0 Å². The number of rotatable bonds is 8. The second kappa shape index (κ2) is 9.18. The Morgan fingerprint density at radius 2 is 1.71 bits per heavy atom. The van der Waals surface area contributed by atoms with Crippen LogP contribution < -0.4 is 14.8 Å². The molecule has 0 spiro atoms. The highest BCUT2D eigenvalue weighted by Crippen LogP contribution is 2.32. The molecule has 1 amide bonds. The molecule has 6 nitrogen and oxygen atoms in total. The van der Waals surface area contributed by atoms with Gasteiger partial charge in [0.15, 0.2) is 17.3 Å². The third kappa shape index (κ3) is 5.22. The first kappa shape index (κ1) is 20.9. The fourth-order valence-corrected chi connectivity index (χ4v) is 3.67. The summed E-state index contributed by atoms with van der Waals surface area (Å²) in [5.74, 6) is 1.62. The van der Waals surface area contributed by atoms with Crippen LogP contribution in [0, 0.1) is 0 Å². The second-order valence-electron chi connectivity index (χ2n) is 7.87. The van der Waals surface area contributed by atoms with Crippen LogP contribution >= 0.6 is 0 Å². The summed E-state index contributed by atoms with van der Waals surface area (Å²) in [7, 11) is 2.03. The molecular formula is C25H26N2O4. The number of likely N-dealkylation sites (N-methyl/N-ethyl adjacent to an activating group) is 1. The molecule has 0 radical (unpaired) electrons. The Balaban J connectivity index is 1.30. The topological polar surface area (TPSA) is 67.9 Å². The van der Waals surface area contributed by atoms with E-state index in [4.69, 9.17) is 9.47 Å². The van der Waals surface area contributed by atoms with E-state index in [2.05, 4.69) is 16.3 Å².